The Hall–Kier alpha value is -1.28. The van der Waals surface area contributed by atoms with Crippen LogP contribution in [0.3, 0.4) is 0 Å². The van der Waals surface area contributed by atoms with Crippen LogP contribution in [0.15, 0.2) is 29.0 Å². The molecule has 0 bridgehead atoms. The number of rotatable bonds is 4. The van der Waals surface area contributed by atoms with E-state index < -0.39 is 0 Å². The molecule has 2 aliphatic rings. The Bertz CT molecular complexity index is 901. The van der Waals surface area contributed by atoms with E-state index in [1.807, 2.05) is 17.4 Å². The Kier molecular flexibility index (Phi) is 3.70. The van der Waals surface area contributed by atoms with Crippen LogP contribution in [0.1, 0.15) is 29.3 Å². The van der Waals surface area contributed by atoms with Crippen molar-refractivity contribution in [1.29, 1.82) is 0 Å². The smallest absolute Gasteiger partial charge is 0.221 e. The van der Waals surface area contributed by atoms with Crippen LogP contribution in [0.5, 0.6) is 0 Å². The molecule has 3 aromatic rings. The highest BCUT2D eigenvalue weighted by Gasteiger charge is 2.43. The summed E-state index contributed by atoms with van der Waals surface area (Å²) in [5, 5.41) is 7.76. The number of nitrogens with one attached hydrogen (secondary N) is 2. The molecule has 0 aromatic carbocycles. The molecule has 4 nitrogen and oxygen atoms in total. The van der Waals surface area contributed by atoms with Crippen LogP contribution in [0.25, 0.3) is 10.7 Å². The van der Waals surface area contributed by atoms with E-state index in [1.54, 1.807) is 26.7 Å². The lowest BCUT2D eigenvalue weighted by Gasteiger charge is -2.32. The highest BCUT2D eigenvalue weighted by atomic mass is 32.1. The molecule has 1 saturated carbocycles. The first-order valence-corrected chi connectivity index (χ1v) is 10.6. The molecule has 2 N–H and O–H groups in total. The lowest BCUT2D eigenvalue weighted by molar-refractivity contribution is -0.958. The minimum atomic E-state index is 0.635. The topological polar surface area (TPSA) is 38.0 Å². The van der Waals surface area contributed by atoms with E-state index in [0.717, 1.165) is 23.3 Å². The first-order chi connectivity index (χ1) is 11.8. The van der Waals surface area contributed by atoms with E-state index in [4.69, 9.17) is 12.2 Å². The zero-order chi connectivity index (χ0) is 16.1. The first-order valence-electron chi connectivity index (χ1n) is 8.41. The highest BCUT2D eigenvalue weighted by molar-refractivity contribution is 7.71. The number of H-pyrrole nitrogens is 1. The Morgan fingerprint density at radius 1 is 1.29 bits per heavy atom. The molecular weight excluding hydrogens is 356 g/mol. The molecule has 4 heterocycles. The van der Waals surface area contributed by atoms with Gasteiger partial charge in [-0.25, -0.2) is 4.68 Å². The van der Waals surface area contributed by atoms with E-state index >= 15 is 0 Å². The van der Waals surface area contributed by atoms with E-state index in [2.05, 4.69) is 37.7 Å². The third-order valence-corrected chi connectivity index (χ3v) is 7.30. The molecule has 124 valence electrons. The van der Waals surface area contributed by atoms with Crippen LogP contribution in [0.4, 0.5) is 0 Å². The van der Waals surface area contributed by atoms with Crippen LogP contribution in [-0.2, 0) is 13.1 Å². The number of aromatic amines is 1. The molecule has 7 heteroatoms. The van der Waals surface area contributed by atoms with E-state index in [0.29, 0.717) is 10.8 Å². The lowest BCUT2D eigenvalue weighted by atomic mass is 9.96. The third-order valence-electron chi connectivity index (χ3n) is 5.12. The molecule has 1 unspecified atom stereocenters. The standard InChI is InChI=1S/C17H18N4S3/c22-17-18-16(14-2-1-8-23-14)19-21(17)10-20-7-5-13-12(6-9-24-13)15(20)11-3-4-11/h1-2,6,8-9,11,15H,3-5,7,10H2,(H,18,19,22)/p+1/t15-/m1/s1. The maximum Gasteiger partial charge on any atom is 0.221 e. The van der Waals surface area contributed by atoms with Crippen LogP contribution in [-0.4, -0.2) is 21.3 Å². The van der Waals surface area contributed by atoms with Gasteiger partial charge in [-0.1, -0.05) is 6.07 Å². The molecular formula is C17H19N4S3+. The van der Waals surface area contributed by atoms with Crippen LogP contribution >= 0.6 is 34.9 Å². The lowest BCUT2D eigenvalue weighted by Crippen LogP contribution is -3.13. The van der Waals surface area contributed by atoms with Gasteiger partial charge in [0.05, 0.1) is 11.4 Å². The summed E-state index contributed by atoms with van der Waals surface area (Å²) in [5.41, 5.74) is 1.59. The predicted octanol–water partition coefficient (Wildman–Crippen LogP) is 3.28. The maximum atomic E-state index is 5.51. The summed E-state index contributed by atoms with van der Waals surface area (Å²) in [6, 6.07) is 7.12. The van der Waals surface area contributed by atoms with Crippen molar-refractivity contribution in [3.8, 4) is 10.7 Å². The van der Waals surface area contributed by atoms with Crippen molar-refractivity contribution in [2.24, 2.45) is 5.92 Å². The number of hydrogen-bond donors (Lipinski definition) is 2. The fourth-order valence-corrected chi connectivity index (χ4v) is 5.66. The number of fused-ring (bicyclic) bond motifs is 1. The average Bonchev–Trinajstić information content (AvgIpc) is 3.00. The van der Waals surface area contributed by atoms with Crippen molar-refractivity contribution in [1.82, 2.24) is 14.8 Å². The normalized spacial score (nSPS) is 23.3. The highest BCUT2D eigenvalue weighted by Crippen LogP contribution is 2.42. The van der Waals surface area contributed by atoms with Crippen molar-refractivity contribution < 1.29 is 4.90 Å². The molecule has 0 radical (unpaired) electrons. The summed E-state index contributed by atoms with van der Waals surface area (Å²) in [6.07, 6.45) is 3.93. The van der Waals surface area contributed by atoms with Crippen molar-refractivity contribution in [2.75, 3.05) is 6.54 Å². The van der Waals surface area contributed by atoms with Gasteiger partial charge in [0, 0.05) is 22.8 Å². The molecule has 0 saturated heterocycles. The molecule has 1 fully saturated rings. The molecule has 0 spiro atoms. The number of thiophene rings is 2. The van der Waals surface area contributed by atoms with E-state index in [1.165, 1.54) is 25.8 Å². The zero-order valence-corrected chi connectivity index (χ0v) is 15.6. The molecule has 3 aromatic heterocycles. The fraction of sp³-hybridized carbons (Fsp3) is 0.412. The van der Waals surface area contributed by atoms with Gasteiger partial charge in [0.1, 0.15) is 6.04 Å². The average molecular weight is 376 g/mol. The Morgan fingerprint density at radius 3 is 3.00 bits per heavy atom. The first kappa shape index (κ1) is 15.0. The summed E-state index contributed by atoms with van der Waals surface area (Å²) in [5.74, 6) is 1.74. The molecule has 0 amide bonds. The number of hydrogen-bond acceptors (Lipinski definition) is 4. The maximum absolute atomic E-state index is 5.51. The molecule has 1 aliphatic heterocycles. The van der Waals surface area contributed by atoms with Crippen LogP contribution in [0.2, 0.25) is 0 Å². The second kappa shape index (κ2) is 5.91. The summed E-state index contributed by atoms with van der Waals surface area (Å²) in [7, 11) is 0. The Balaban J connectivity index is 1.44. The fourth-order valence-electron chi connectivity index (χ4n) is 3.86. The van der Waals surface area contributed by atoms with Crippen molar-refractivity contribution in [3.05, 3.63) is 44.2 Å². The quantitative estimate of drug-likeness (QED) is 0.687. The zero-order valence-electron chi connectivity index (χ0n) is 13.2. The number of aromatic nitrogens is 3. The molecule has 2 atom stereocenters. The summed E-state index contributed by atoms with van der Waals surface area (Å²) in [6.45, 7) is 2.07. The van der Waals surface area contributed by atoms with Gasteiger partial charge >= 0.3 is 0 Å². The SMILES string of the molecule is S=c1nc(-c2cccs2)[nH]n1C[NH+]1CCc2sccc2[C@H]1C1CC1. The van der Waals surface area contributed by atoms with Gasteiger partial charge in [0.15, 0.2) is 12.5 Å². The monoisotopic (exact) mass is 375 g/mol. The summed E-state index contributed by atoms with van der Waals surface area (Å²) < 4.78 is 2.73. The van der Waals surface area contributed by atoms with Crippen molar-refractivity contribution >= 4 is 34.9 Å². The Labute approximate surface area is 153 Å². The van der Waals surface area contributed by atoms with Gasteiger partial charge in [-0.05, 0) is 48.0 Å². The molecule has 5 rings (SSSR count). The summed E-state index contributed by atoms with van der Waals surface area (Å²) >= 11 is 9.13. The minimum Gasteiger partial charge on any atom is -0.310 e. The van der Waals surface area contributed by atoms with Crippen LogP contribution < -0.4 is 4.90 Å². The van der Waals surface area contributed by atoms with Gasteiger partial charge in [-0.3, -0.25) is 5.10 Å². The summed E-state index contributed by atoms with van der Waals surface area (Å²) in [4.78, 5) is 8.93. The van der Waals surface area contributed by atoms with E-state index in [9.17, 15) is 0 Å². The second-order valence-corrected chi connectivity index (χ2v) is 9.00. The second-order valence-electron chi connectivity index (χ2n) is 6.69. The van der Waals surface area contributed by atoms with Crippen LogP contribution in [0, 0.1) is 10.7 Å². The van der Waals surface area contributed by atoms with E-state index in [-0.39, 0.29) is 0 Å². The van der Waals surface area contributed by atoms with Gasteiger partial charge in [-0.2, -0.15) is 4.98 Å². The van der Waals surface area contributed by atoms with Gasteiger partial charge < -0.3 is 4.90 Å². The minimum absolute atomic E-state index is 0.635. The van der Waals surface area contributed by atoms with Gasteiger partial charge in [0.25, 0.3) is 0 Å². The van der Waals surface area contributed by atoms with Crippen molar-refractivity contribution in [2.45, 2.75) is 32.0 Å². The Morgan fingerprint density at radius 2 is 2.21 bits per heavy atom. The molecule has 24 heavy (non-hydrogen) atoms. The van der Waals surface area contributed by atoms with Gasteiger partial charge in [-0.15, -0.1) is 22.7 Å². The molecule has 1 aliphatic carbocycles. The number of nitrogens with zero attached hydrogens (tertiary/aromatic N) is 2. The predicted molar refractivity (Wildman–Crippen MR) is 100 cm³/mol. The third kappa shape index (κ3) is 2.60. The van der Waals surface area contributed by atoms with Crippen molar-refractivity contribution in [3.63, 3.8) is 0 Å². The number of quaternary nitrogens is 1. The van der Waals surface area contributed by atoms with Gasteiger partial charge in [0.2, 0.25) is 4.77 Å². The largest absolute Gasteiger partial charge is 0.310 e.